The van der Waals surface area contributed by atoms with Crippen LogP contribution in [-0.2, 0) is 65.4 Å². The van der Waals surface area contributed by atoms with E-state index in [1.807, 2.05) is 0 Å². The van der Waals surface area contributed by atoms with E-state index in [4.69, 9.17) is 37.0 Å². The monoisotopic (exact) mass is 1250 g/mol. The standard InChI is InChI=1S/C66H128O17P2/c1-9-58(7)44-36-28-19-15-11-12-16-20-30-38-46-63(68)76-52-62(83-66(71)49-41-33-24-22-27-35-43-57(5)6)55-81-85(74,75)79-51-60(67)50-78-84(72,73)80-54-61(53-77-64(69)47-39-31-25-23-29-37-45-59(8)10-2)82-65(70)48-40-32-21-17-13-14-18-26-34-42-56(3)4/h56-62,67H,9-55H2,1-8H3,(H,72,73)(H,74,75)/t58?,59?,60-,61+,62+/m0/s1. The summed E-state index contributed by atoms with van der Waals surface area (Å²) in [6, 6.07) is 0. The van der Waals surface area contributed by atoms with Crippen molar-refractivity contribution in [2.75, 3.05) is 39.6 Å². The Kier molecular flexibility index (Phi) is 54.8. The maximum Gasteiger partial charge on any atom is 0.472 e. The van der Waals surface area contributed by atoms with Crippen LogP contribution >= 0.6 is 15.6 Å². The number of carbonyl (C=O) groups is 4. The van der Waals surface area contributed by atoms with Gasteiger partial charge in [0.05, 0.1) is 26.4 Å². The number of hydrogen-bond donors (Lipinski definition) is 3. The maximum atomic E-state index is 13.0. The highest BCUT2D eigenvalue weighted by molar-refractivity contribution is 7.47. The van der Waals surface area contributed by atoms with Crippen molar-refractivity contribution in [3.63, 3.8) is 0 Å². The molecule has 0 aromatic carbocycles. The van der Waals surface area contributed by atoms with Gasteiger partial charge in [-0.05, 0) is 49.4 Å². The van der Waals surface area contributed by atoms with Crippen molar-refractivity contribution >= 4 is 39.5 Å². The number of esters is 4. The number of rotatable bonds is 63. The summed E-state index contributed by atoms with van der Waals surface area (Å²) in [5.74, 6) is 0.806. The highest BCUT2D eigenvalue weighted by Crippen LogP contribution is 2.45. The molecule has 504 valence electrons. The van der Waals surface area contributed by atoms with E-state index in [2.05, 4.69) is 55.4 Å². The van der Waals surface area contributed by atoms with Gasteiger partial charge in [0, 0.05) is 25.7 Å². The second-order valence-corrected chi connectivity index (χ2v) is 28.2. The summed E-state index contributed by atoms with van der Waals surface area (Å²) in [5, 5.41) is 10.5. The lowest BCUT2D eigenvalue weighted by molar-refractivity contribution is -0.161. The van der Waals surface area contributed by atoms with Gasteiger partial charge in [0.1, 0.15) is 19.3 Å². The van der Waals surface area contributed by atoms with Crippen molar-refractivity contribution in [3.8, 4) is 0 Å². The Hall–Kier alpha value is -1.94. The molecule has 4 unspecified atom stereocenters. The first-order chi connectivity index (χ1) is 40.7. The van der Waals surface area contributed by atoms with Gasteiger partial charge in [-0.2, -0.15) is 0 Å². The van der Waals surface area contributed by atoms with Crippen molar-refractivity contribution in [1.29, 1.82) is 0 Å². The van der Waals surface area contributed by atoms with Gasteiger partial charge in [0.15, 0.2) is 12.2 Å². The van der Waals surface area contributed by atoms with Crippen molar-refractivity contribution in [2.24, 2.45) is 23.7 Å². The fraction of sp³-hybridized carbons (Fsp3) is 0.939. The number of phosphoric ester groups is 2. The summed E-state index contributed by atoms with van der Waals surface area (Å²) in [6.45, 7) is 14.0. The van der Waals surface area contributed by atoms with E-state index in [-0.39, 0.29) is 25.7 Å². The third-order valence-corrected chi connectivity index (χ3v) is 17.7. The number of hydrogen-bond acceptors (Lipinski definition) is 15. The molecule has 0 aliphatic rings. The molecule has 3 N–H and O–H groups in total. The van der Waals surface area contributed by atoms with Gasteiger partial charge in [0.25, 0.3) is 0 Å². The minimum atomic E-state index is -4.95. The second-order valence-electron chi connectivity index (χ2n) is 25.3. The molecule has 19 heteroatoms. The number of carbonyl (C=O) groups excluding carboxylic acids is 4. The van der Waals surface area contributed by atoms with Crippen LogP contribution < -0.4 is 0 Å². The summed E-state index contributed by atoms with van der Waals surface area (Å²) in [4.78, 5) is 72.3. The molecule has 0 aliphatic heterocycles. The molecule has 0 saturated carbocycles. The minimum Gasteiger partial charge on any atom is -0.462 e. The lowest BCUT2D eigenvalue weighted by Crippen LogP contribution is -2.30. The maximum absolute atomic E-state index is 13.0. The quantitative estimate of drug-likeness (QED) is 0.0222. The molecule has 0 aromatic rings. The Morgan fingerprint density at radius 1 is 0.329 bits per heavy atom. The van der Waals surface area contributed by atoms with E-state index in [0.717, 1.165) is 114 Å². The van der Waals surface area contributed by atoms with Crippen LogP contribution in [0.5, 0.6) is 0 Å². The fourth-order valence-electron chi connectivity index (χ4n) is 9.72. The SMILES string of the molecule is CCC(C)CCCCCCCCCCCCC(=O)OC[C@H](COP(=O)(O)OC[C@@H](O)COP(=O)(O)OC[C@@H](COC(=O)CCCCCCCCC(C)CC)OC(=O)CCCCCCCCCCCC(C)C)OC(=O)CCCCCCCCC(C)C. The zero-order valence-corrected chi connectivity index (χ0v) is 57.0. The molecule has 0 aromatic heterocycles. The molecule has 85 heavy (non-hydrogen) atoms. The third-order valence-electron chi connectivity index (χ3n) is 15.8. The van der Waals surface area contributed by atoms with Crippen molar-refractivity contribution < 1.29 is 80.2 Å². The summed E-state index contributed by atoms with van der Waals surface area (Å²) < 4.78 is 68.1. The number of unbranched alkanes of at least 4 members (excludes halogenated alkanes) is 27. The topological polar surface area (TPSA) is 237 Å². The van der Waals surface area contributed by atoms with E-state index in [1.54, 1.807) is 0 Å². The van der Waals surface area contributed by atoms with E-state index < -0.39 is 97.5 Å². The Morgan fingerprint density at radius 3 is 0.835 bits per heavy atom. The summed E-state index contributed by atoms with van der Waals surface area (Å²) in [5.41, 5.74) is 0. The minimum absolute atomic E-state index is 0.101. The molecular weight excluding hydrogens is 1130 g/mol. The average molecular weight is 1260 g/mol. The number of aliphatic hydroxyl groups excluding tert-OH is 1. The molecule has 0 rings (SSSR count). The van der Waals surface area contributed by atoms with Gasteiger partial charge in [-0.3, -0.25) is 37.3 Å². The van der Waals surface area contributed by atoms with Crippen LogP contribution in [0.1, 0.15) is 319 Å². The average Bonchev–Trinajstić information content (AvgIpc) is 3.53. The fourth-order valence-corrected chi connectivity index (χ4v) is 11.3. The van der Waals surface area contributed by atoms with Gasteiger partial charge in [-0.25, -0.2) is 9.13 Å². The number of ether oxygens (including phenoxy) is 4. The largest absolute Gasteiger partial charge is 0.472 e. The van der Waals surface area contributed by atoms with Crippen molar-refractivity contribution in [2.45, 2.75) is 337 Å². The van der Waals surface area contributed by atoms with Crippen LogP contribution in [0.2, 0.25) is 0 Å². The molecule has 7 atom stereocenters. The third kappa shape index (κ3) is 58.2. The predicted molar refractivity (Wildman–Crippen MR) is 340 cm³/mol. The number of phosphoric acid groups is 2. The Balaban J connectivity index is 5.24. The zero-order chi connectivity index (χ0) is 63.2. The molecule has 0 spiro atoms. The predicted octanol–water partition coefficient (Wildman–Crippen LogP) is 18.1. The van der Waals surface area contributed by atoms with Gasteiger partial charge in [-0.1, -0.05) is 267 Å². The van der Waals surface area contributed by atoms with Crippen LogP contribution in [0.4, 0.5) is 0 Å². The highest BCUT2D eigenvalue weighted by atomic mass is 31.2. The highest BCUT2D eigenvalue weighted by Gasteiger charge is 2.30. The molecule has 0 bridgehead atoms. The molecule has 0 amide bonds. The van der Waals surface area contributed by atoms with Gasteiger partial charge in [0.2, 0.25) is 0 Å². The summed E-state index contributed by atoms with van der Waals surface area (Å²) >= 11 is 0. The molecule has 0 fully saturated rings. The van der Waals surface area contributed by atoms with Crippen LogP contribution in [-0.4, -0.2) is 96.7 Å². The number of aliphatic hydroxyl groups is 1. The van der Waals surface area contributed by atoms with Gasteiger partial charge in [-0.15, -0.1) is 0 Å². The van der Waals surface area contributed by atoms with E-state index in [0.29, 0.717) is 31.6 Å². The van der Waals surface area contributed by atoms with Gasteiger partial charge < -0.3 is 33.8 Å². The van der Waals surface area contributed by atoms with Crippen LogP contribution in [0.3, 0.4) is 0 Å². The Bertz CT molecular complexity index is 1700. The smallest absolute Gasteiger partial charge is 0.462 e. The lowest BCUT2D eigenvalue weighted by Gasteiger charge is -2.21. The van der Waals surface area contributed by atoms with Crippen molar-refractivity contribution in [1.82, 2.24) is 0 Å². The van der Waals surface area contributed by atoms with E-state index >= 15 is 0 Å². The first-order valence-corrected chi connectivity index (χ1v) is 37.3. The zero-order valence-electron chi connectivity index (χ0n) is 55.2. The summed E-state index contributed by atoms with van der Waals surface area (Å²) in [7, 11) is -9.89. The van der Waals surface area contributed by atoms with Gasteiger partial charge >= 0.3 is 39.5 Å². The molecule has 0 radical (unpaired) electrons. The van der Waals surface area contributed by atoms with E-state index in [9.17, 15) is 43.2 Å². The molecule has 17 nitrogen and oxygen atoms in total. The molecule has 0 heterocycles. The van der Waals surface area contributed by atoms with Crippen LogP contribution in [0, 0.1) is 23.7 Å². The van der Waals surface area contributed by atoms with Crippen LogP contribution in [0.15, 0.2) is 0 Å². The van der Waals surface area contributed by atoms with Crippen LogP contribution in [0.25, 0.3) is 0 Å². The molecular formula is C66H128O17P2. The van der Waals surface area contributed by atoms with Crippen molar-refractivity contribution in [3.05, 3.63) is 0 Å². The molecule has 0 aliphatic carbocycles. The first-order valence-electron chi connectivity index (χ1n) is 34.3. The second kappa shape index (κ2) is 56.1. The molecule has 0 saturated heterocycles. The normalized spacial score (nSPS) is 15.0. The van der Waals surface area contributed by atoms with E-state index in [1.165, 1.54) is 116 Å². The lowest BCUT2D eigenvalue weighted by atomic mass is 9.99. The Morgan fingerprint density at radius 2 is 0.565 bits per heavy atom. The summed E-state index contributed by atoms with van der Waals surface area (Å²) in [6.07, 6.45) is 36.3. The first kappa shape index (κ1) is 83.1. The Labute approximate surface area is 517 Å².